The number of ether oxygens (including phenoxy) is 2. The molecule has 0 radical (unpaired) electrons. The van der Waals surface area contributed by atoms with Gasteiger partial charge in [0.05, 0.1) is 17.0 Å². The fourth-order valence-electron chi connectivity index (χ4n) is 4.53. The maximum atomic E-state index is 13.5. The van der Waals surface area contributed by atoms with Crippen LogP contribution in [-0.4, -0.2) is 8.42 Å². The molecule has 5 rings (SSSR count). The van der Waals surface area contributed by atoms with E-state index in [0.717, 1.165) is 27.8 Å². The first kappa shape index (κ1) is 29.1. The van der Waals surface area contributed by atoms with E-state index in [4.69, 9.17) is 15.2 Å². The average molecular weight is 579 g/mol. The zero-order valence-electron chi connectivity index (χ0n) is 23.4. The van der Waals surface area contributed by atoms with Gasteiger partial charge in [-0.2, -0.15) is 0 Å². The van der Waals surface area contributed by atoms with Crippen molar-refractivity contribution in [1.82, 2.24) is 4.72 Å². The number of aryl methyl sites for hydroxylation is 1. The molecule has 0 spiro atoms. The summed E-state index contributed by atoms with van der Waals surface area (Å²) in [5.74, 6) is 1.38. The molecule has 5 aromatic carbocycles. The molecule has 7 heteroatoms. The zero-order chi connectivity index (χ0) is 29.4. The van der Waals surface area contributed by atoms with Gasteiger partial charge in [-0.15, -0.1) is 0 Å². The minimum atomic E-state index is -3.87. The Morgan fingerprint density at radius 1 is 0.619 bits per heavy atom. The van der Waals surface area contributed by atoms with Crippen LogP contribution in [0.3, 0.4) is 0 Å². The third-order valence-electron chi connectivity index (χ3n) is 6.97. The molecule has 0 amide bonds. The largest absolute Gasteiger partial charge is 0.489 e. The van der Waals surface area contributed by atoms with Gasteiger partial charge < -0.3 is 15.2 Å². The van der Waals surface area contributed by atoms with E-state index in [1.54, 1.807) is 24.3 Å². The molecule has 0 aliphatic heterocycles. The van der Waals surface area contributed by atoms with Gasteiger partial charge in [-0.3, -0.25) is 0 Å². The second kappa shape index (κ2) is 13.5. The van der Waals surface area contributed by atoms with E-state index in [-0.39, 0.29) is 4.90 Å². The Morgan fingerprint density at radius 2 is 1.07 bits per heavy atom. The topological polar surface area (TPSA) is 90.7 Å². The smallest absolute Gasteiger partial charge is 0.241 e. The van der Waals surface area contributed by atoms with Crippen molar-refractivity contribution in [3.63, 3.8) is 0 Å². The van der Waals surface area contributed by atoms with E-state index in [9.17, 15) is 8.42 Å². The highest BCUT2D eigenvalue weighted by atomic mass is 32.2. The molecular weight excluding hydrogens is 544 g/mol. The molecule has 42 heavy (non-hydrogen) atoms. The molecule has 0 fully saturated rings. The van der Waals surface area contributed by atoms with Gasteiger partial charge in [0, 0.05) is 0 Å². The van der Waals surface area contributed by atoms with Gasteiger partial charge in [-0.05, 0) is 65.6 Å². The number of rotatable bonds is 12. The Morgan fingerprint density at radius 3 is 1.55 bits per heavy atom. The van der Waals surface area contributed by atoms with Crippen LogP contribution in [0.25, 0.3) is 0 Å². The van der Waals surface area contributed by atoms with Crippen LogP contribution in [0.1, 0.15) is 39.9 Å². The van der Waals surface area contributed by atoms with Crippen molar-refractivity contribution in [2.45, 2.75) is 37.1 Å². The lowest BCUT2D eigenvalue weighted by molar-refractivity contribution is 0.305. The number of sulfonamides is 1. The highest BCUT2D eigenvalue weighted by molar-refractivity contribution is 7.89. The summed E-state index contributed by atoms with van der Waals surface area (Å²) in [6.07, 6.45) is 0. The van der Waals surface area contributed by atoms with E-state index in [1.807, 2.05) is 116 Å². The van der Waals surface area contributed by atoms with Gasteiger partial charge in [0.25, 0.3) is 0 Å². The molecule has 3 N–H and O–H groups in total. The van der Waals surface area contributed by atoms with Crippen molar-refractivity contribution in [2.24, 2.45) is 5.73 Å². The predicted molar refractivity (Wildman–Crippen MR) is 166 cm³/mol. The van der Waals surface area contributed by atoms with Crippen LogP contribution < -0.4 is 19.9 Å². The Hall–Kier alpha value is -4.43. The lowest BCUT2D eigenvalue weighted by atomic mass is 9.95. The summed E-state index contributed by atoms with van der Waals surface area (Å²) < 4.78 is 41.6. The molecule has 0 unspecified atom stereocenters. The number of hydrogen-bond acceptors (Lipinski definition) is 5. The molecule has 0 aliphatic carbocycles. The van der Waals surface area contributed by atoms with Gasteiger partial charge in [-0.25, -0.2) is 13.1 Å². The molecule has 214 valence electrons. The molecule has 0 aromatic heterocycles. The minimum Gasteiger partial charge on any atom is -0.489 e. The monoisotopic (exact) mass is 578 g/mol. The van der Waals surface area contributed by atoms with Gasteiger partial charge >= 0.3 is 0 Å². The first-order valence-corrected chi connectivity index (χ1v) is 15.2. The molecule has 0 heterocycles. The van der Waals surface area contributed by atoms with Crippen molar-refractivity contribution >= 4 is 10.0 Å². The second-order valence-electron chi connectivity index (χ2n) is 10.1. The maximum Gasteiger partial charge on any atom is 0.241 e. The molecule has 0 saturated carbocycles. The molecule has 0 saturated heterocycles. The van der Waals surface area contributed by atoms with Crippen molar-refractivity contribution < 1.29 is 17.9 Å². The third-order valence-corrected chi connectivity index (χ3v) is 8.43. The summed E-state index contributed by atoms with van der Waals surface area (Å²) in [6, 6.07) is 40.0. The van der Waals surface area contributed by atoms with Crippen molar-refractivity contribution in [3.05, 3.63) is 161 Å². The molecule has 6 nitrogen and oxygen atoms in total. The Labute approximate surface area is 247 Å². The first-order valence-electron chi connectivity index (χ1n) is 13.8. The molecule has 2 atom stereocenters. The Bertz CT molecular complexity index is 1660. The predicted octanol–water partition coefficient (Wildman–Crippen LogP) is 6.87. The van der Waals surface area contributed by atoms with Crippen molar-refractivity contribution in [3.8, 4) is 11.5 Å². The lowest BCUT2D eigenvalue weighted by Crippen LogP contribution is -2.36. The number of hydrogen-bond donors (Lipinski definition) is 2. The highest BCUT2D eigenvalue weighted by Crippen LogP contribution is 2.31. The van der Waals surface area contributed by atoms with Crippen LogP contribution in [-0.2, 0) is 23.2 Å². The summed E-state index contributed by atoms with van der Waals surface area (Å²) >= 11 is 0. The minimum absolute atomic E-state index is 0.178. The summed E-state index contributed by atoms with van der Waals surface area (Å²) in [7, 11) is -3.87. The van der Waals surface area contributed by atoms with Crippen LogP contribution in [0, 0.1) is 6.92 Å². The van der Waals surface area contributed by atoms with Crippen molar-refractivity contribution in [2.75, 3.05) is 0 Å². The van der Waals surface area contributed by atoms with Gasteiger partial charge in [0.2, 0.25) is 10.0 Å². The summed E-state index contributed by atoms with van der Waals surface area (Å²) in [4.78, 5) is 0.178. The first-order chi connectivity index (χ1) is 20.4. The standard InChI is InChI=1S/C35H34N2O4S/c1-26-12-22-33(23-13-26)42(38,39)37-35(30-16-20-32(21-17-30)41-25-28-10-6-3-7-11-28)34(36)29-14-18-31(19-15-29)40-24-27-8-4-2-5-9-27/h2-23,34-35,37H,24-25,36H2,1H3/t34-,35-/m1/s1. The van der Waals surface area contributed by atoms with E-state index >= 15 is 0 Å². The van der Waals surface area contributed by atoms with E-state index in [2.05, 4.69) is 4.72 Å². The van der Waals surface area contributed by atoms with Gasteiger partial charge in [0.1, 0.15) is 24.7 Å². The number of benzene rings is 5. The Kier molecular flexibility index (Phi) is 9.34. The van der Waals surface area contributed by atoms with Crippen LogP contribution >= 0.6 is 0 Å². The number of nitrogens with one attached hydrogen (secondary N) is 1. The normalized spacial score (nSPS) is 12.8. The van der Waals surface area contributed by atoms with E-state index in [0.29, 0.717) is 24.7 Å². The van der Waals surface area contributed by atoms with Crippen LogP contribution in [0.5, 0.6) is 11.5 Å². The van der Waals surface area contributed by atoms with Gasteiger partial charge in [-0.1, -0.05) is 103 Å². The van der Waals surface area contributed by atoms with E-state index < -0.39 is 22.1 Å². The third kappa shape index (κ3) is 7.64. The van der Waals surface area contributed by atoms with Gasteiger partial charge in [0.15, 0.2) is 0 Å². The van der Waals surface area contributed by atoms with Crippen LogP contribution in [0.15, 0.2) is 138 Å². The quantitative estimate of drug-likeness (QED) is 0.169. The lowest BCUT2D eigenvalue weighted by Gasteiger charge is -2.26. The number of nitrogens with two attached hydrogens (primary N) is 1. The molecule has 5 aromatic rings. The summed E-state index contributed by atoms with van der Waals surface area (Å²) in [6.45, 7) is 2.79. The van der Waals surface area contributed by atoms with Crippen molar-refractivity contribution in [1.29, 1.82) is 0 Å². The highest BCUT2D eigenvalue weighted by Gasteiger charge is 2.28. The van der Waals surface area contributed by atoms with E-state index in [1.165, 1.54) is 0 Å². The SMILES string of the molecule is Cc1ccc(S(=O)(=O)N[C@H](c2ccc(OCc3ccccc3)cc2)[C@H](N)c2ccc(OCc3ccccc3)cc2)cc1. The Balaban J connectivity index is 1.36. The molecular formula is C35H34N2O4S. The second-order valence-corrected chi connectivity index (χ2v) is 11.8. The fraction of sp³-hybridized carbons (Fsp3) is 0.143. The molecule has 0 aliphatic rings. The maximum absolute atomic E-state index is 13.5. The summed E-state index contributed by atoms with van der Waals surface area (Å²) in [5, 5.41) is 0. The summed E-state index contributed by atoms with van der Waals surface area (Å²) in [5.41, 5.74) is 11.4. The molecule has 0 bridgehead atoms. The van der Waals surface area contributed by atoms with Crippen LogP contribution in [0.4, 0.5) is 0 Å². The zero-order valence-corrected chi connectivity index (χ0v) is 24.2. The average Bonchev–Trinajstić information content (AvgIpc) is 3.03. The fourth-order valence-corrected chi connectivity index (χ4v) is 5.78. The van der Waals surface area contributed by atoms with Crippen LogP contribution in [0.2, 0.25) is 0 Å².